The number of aromatic nitrogens is 1. The number of para-hydroxylation sites is 1. The Balaban J connectivity index is 0.00000220. The van der Waals surface area contributed by atoms with Crippen LogP contribution < -0.4 is 28.4 Å². The van der Waals surface area contributed by atoms with Crippen LogP contribution in [0.4, 0.5) is 0 Å². The first-order chi connectivity index (χ1) is 9.44. The third-order valence-electron chi connectivity index (χ3n) is 3.26. The number of rotatable bonds is 4. The molecule has 0 aliphatic carbocycles. The Morgan fingerprint density at radius 3 is 2.62 bits per heavy atom. The van der Waals surface area contributed by atoms with Crippen LogP contribution in [0.3, 0.4) is 0 Å². The highest BCUT2D eigenvalue weighted by atomic mass is 79.9. The summed E-state index contributed by atoms with van der Waals surface area (Å²) < 4.78 is 6.82. The molecule has 0 spiro atoms. The summed E-state index contributed by atoms with van der Waals surface area (Å²) in [4.78, 5) is 23.5. The molecule has 0 saturated carbocycles. The second kappa shape index (κ2) is 6.74. The molecule has 0 saturated heterocycles. The van der Waals surface area contributed by atoms with Gasteiger partial charge >= 0.3 is 11.4 Å². The first-order valence-corrected chi connectivity index (χ1v) is 6.33. The van der Waals surface area contributed by atoms with Crippen LogP contribution >= 0.6 is 0 Å². The molecule has 0 fully saturated rings. The minimum atomic E-state index is -0.630. The van der Waals surface area contributed by atoms with Crippen molar-refractivity contribution >= 4 is 10.9 Å². The normalized spacial score (nSPS) is 10.9. The van der Waals surface area contributed by atoms with Gasteiger partial charge in [-0.3, -0.25) is 4.57 Å². The van der Waals surface area contributed by atoms with Crippen molar-refractivity contribution in [3.63, 3.8) is 0 Å². The monoisotopic (exact) mass is 352 g/mol. The van der Waals surface area contributed by atoms with E-state index in [4.69, 9.17) is 10.8 Å². The number of terminal acetylenes is 1. The minimum absolute atomic E-state index is 0. The Kier molecular flexibility index (Phi) is 5.53. The van der Waals surface area contributed by atoms with E-state index in [-0.39, 0.29) is 17.0 Å². The maximum absolute atomic E-state index is 11.9. The Bertz CT molecular complexity index is 784. The molecule has 21 heavy (non-hydrogen) atoms. The van der Waals surface area contributed by atoms with Gasteiger partial charge in [-0.2, -0.15) is 0 Å². The average molecular weight is 353 g/mol. The summed E-state index contributed by atoms with van der Waals surface area (Å²) in [5.41, 5.74) is -0.00585. The molecule has 6 heteroatoms. The molecule has 0 N–H and O–H groups in total. The molecule has 0 aliphatic rings. The lowest BCUT2D eigenvalue weighted by Gasteiger charge is -2.27. The summed E-state index contributed by atoms with van der Waals surface area (Å²) in [6.07, 6.45) is 5.33. The SMILES string of the molecule is C#CC[N+](C)(C)CCn1c(=O)oc(=O)c2ccccc21.[Br-]. The lowest BCUT2D eigenvalue weighted by atomic mass is 10.2. The zero-order valence-corrected chi connectivity index (χ0v) is 13.6. The predicted molar refractivity (Wildman–Crippen MR) is 77.4 cm³/mol. The highest BCUT2D eigenvalue weighted by molar-refractivity contribution is 5.77. The highest BCUT2D eigenvalue weighted by Gasteiger charge is 2.16. The summed E-state index contributed by atoms with van der Waals surface area (Å²) in [5.74, 6) is 1.99. The van der Waals surface area contributed by atoms with Crippen molar-refractivity contribution in [2.24, 2.45) is 0 Å². The lowest BCUT2D eigenvalue weighted by Crippen LogP contribution is -3.00. The van der Waals surface area contributed by atoms with Crippen LogP contribution in [0.15, 0.2) is 38.3 Å². The van der Waals surface area contributed by atoms with Crippen LogP contribution in [0.25, 0.3) is 10.9 Å². The van der Waals surface area contributed by atoms with Gasteiger partial charge in [0.1, 0.15) is 6.54 Å². The summed E-state index contributed by atoms with van der Waals surface area (Å²) in [5, 5.41) is 0.411. The summed E-state index contributed by atoms with van der Waals surface area (Å²) in [7, 11) is 3.98. The highest BCUT2D eigenvalue weighted by Crippen LogP contribution is 2.08. The number of likely N-dealkylation sites (N-methyl/N-ethyl adjacent to an activating group) is 1. The molecule has 2 aromatic rings. The van der Waals surface area contributed by atoms with Gasteiger partial charge < -0.3 is 25.9 Å². The summed E-state index contributed by atoms with van der Waals surface area (Å²) in [6, 6.07) is 6.93. The number of quaternary nitrogens is 1. The van der Waals surface area contributed by atoms with Crippen molar-refractivity contribution in [3.05, 3.63) is 45.2 Å². The van der Waals surface area contributed by atoms with Gasteiger partial charge in [-0.15, -0.1) is 6.42 Å². The Morgan fingerprint density at radius 2 is 1.95 bits per heavy atom. The number of benzene rings is 1. The number of nitrogens with zero attached hydrogens (tertiary/aromatic N) is 2. The molecule has 0 radical (unpaired) electrons. The van der Waals surface area contributed by atoms with E-state index in [2.05, 4.69) is 5.92 Å². The third-order valence-corrected chi connectivity index (χ3v) is 3.26. The number of hydrogen-bond acceptors (Lipinski definition) is 3. The fourth-order valence-electron chi connectivity index (χ4n) is 2.08. The second-order valence-electron chi connectivity index (χ2n) is 5.35. The third kappa shape index (κ3) is 3.84. The maximum Gasteiger partial charge on any atom is 0.422 e. The molecule has 112 valence electrons. The van der Waals surface area contributed by atoms with Crippen LogP contribution in [-0.4, -0.2) is 36.2 Å². The van der Waals surface area contributed by atoms with Gasteiger partial charge in [0.2, 0.25) is 0 Å². The van der Waals surface area contributed by atoms with Gasteiger partial charge in [0.25, 0.3) is 0 Å². The van der Waals surface area contributed by atoms with E-state index in [1.165, 1.54) is 4.57 Å². The fraction of sp³-hybridized carbons (Fsp3) is 0.333. The van der Waals surface area contributed by atoms with E-state index in [9.17, 15) is 9.59 Å². The molecule has 5 nitrogen and oxygen atoms in total. The summed E-state index contributed by atoms with van der Waals surface area (Å²) >= 11 is 0. The number of hydrogen-bond donors (Lipinski definition) is 0. The molecular formula is C15H17BrN2O3. The number of halogens is 1. The van der Waals surface area contributed by atoms with Crippen LogP contribution in [0.1, 0.15) is 0 Å². The van der Waals surface area contributed by atoms with Crippen molar-refractivity contribution in [3.8, 4) is 12.3 Å². The van der Waals surface area contributed by atoms with E-state index in [1.54, 1.807) is 24.3 Å². The quantitative estimate of drug-likeness (QED) is 0.458. The first-order valence-electron chi connectivity index (χ1n) is 6.33. The van der Waals surface area contributed by atoms with Crippen LogP contribution in [0.2, 0.25) is 0 Å². The van der Waals surface area contributed by atoms with Crippen molar-refractivity contribution < 1.29 is 25.9 Å². The van der Waals surface area contributed by atoms with Gasteiger partial charge in [0, 0.05) is 0 Å². The Morgan fingerprint density at radius 1 is 1.29 bits per heavy atom. The fourth-order valence-corrected chi connectivity index (χ4v) is 2.08. The van der Waals surface area contributed by atoms with E-state index in [1.807, 2.05) is 14.1 Å². The van der Waals surface area contributed by atoms with Crippen LogP contribution in [-0.2, 0) is 6.54 Å². The van der Waals surface area contributed by atoms with Crippen molar-refractivity contribution in [1.29, 1.82) is 0 Å². The zero-order valence-electron chi connectivity index (χ0n) is 12.0. The Labute approximate surface area is 133 Å². The smallest absolute Gasteiger partial charge is 0.422 e. The first kappa shape index (κ1) is 17.2. The van der Waals surface area contributed by atoms with Gasteiger partial charge in [-0.05, 0) is 18.1 Å². The van der Waals surface area contributed by atoms with Crippen molar-refractivity contribution in [2.45, 2.75) is 6.54 Å². The minimum Gasteiger partial charge on any atom is -1.00 e. The molecule has 1 aromatic carbocycles. The predicted octanol–water partition coefficient (Wildman–Crippen LogP) is -2.33. The molecule has 0 unspecified atom stereocenters. The molecule has 0 aliphatic heterocycles. The molecule has 1 heterocycles. The van der Waals surface area contributed by atoms with Crippen LogP contribution in [0.5, 0.6) is 0 Å². The average Bonchev–Trinajstić information content (AvgIpc) is 2.38. The van der Waals surface area contributed by atoms with E-state index < -0.39 is 11.4 Å². The molecule has 2 rings (SSSR count). The van der Waals surface area contributed by atoms with Gasteiger partial charge in [0.15, 0.2) is 0 Å². The molecule has 0 amide bonds. The Hall–Kier alpha value is -1.84. The zero-order chi connectivity index (χ0) is 14.8. The van der Waals surface area contributed by atoms with Crippen molar-refractivity contribution in [1.82, 2.24) is 4.57 Å². The summed E-state index contributed by atoms with van der Waals surface area (Å²) in [6.45, 7) is 1.68. The van der Waals surface area contributed by atoms with E-state index in [0.29, 0.717) is 35.0 Å². The molecule has 0 bridgehead atoms. The molecular weight excluding hydrogens is 336 g/mol. The number of fused-ring (bicyclic) bond motifs is 1. The second-order valence-corrected chi connectivity index (χ2v) is 5.35. The van der Waals surface area contributed by atoms with Crippen molar-refractivity contribution in [2.75, 3.05) is 27.2 Å². The topological polar surface area (TPSA) is 52.2 Å². The van der Waals surface area contributed by atoms with E-state index >= 15 is 0 Å². The van der Waals surface area contributed by atoms with Gasteiger partial charge in [0.05, 0.1) is 38.1 Å². The molecule has 1 aromatic heterocycles. The largest absolute Gasteiger partial charge is 1.00 e. The van der Waals surface area contributed by atoms with Gasteiger partial charge in [-0.1, -0.05) is 12.1 Å². The maximum atomic E-state index is 11.9. The van der Waals surface area contributed by atoms with E-state index in [0.717, 1.165) is 0 Å². The lowest BCUT2D eigenvalue weighted by molar-refractivity contribution is -0.883. The van der Waals surface area contributed by atoms with Gasteiger partial charge in [-0.25, -0.2) is 9.59 Å². The van der Waals surface area contributed by atoms with Crippen LogP contribution in [0, 0.1) is 12.3 Å². The standard InChI is InChI=1S/C15H17N2O3.BrH/c1-4-10-17(2,3)11-9-16-13-8-6-5-7-12(13)14(18)20-15(16)19;/h1,5-8H,9-11H2,2-3H3;1H/q+1;/p-1. The molecule has 0 atom stereocenters.